The summed E-state index contributed by atoms with van der Waals surface area (Å²) in [6, 6.07) is 3.37. The van der Waals surface area contributed by atoms with E-state index < -0.39 is 17.8 Å². The monoisotopic (exact) mass is 397 g/mol. The van der Waals surface area contributed by atoms with Gasteiger partial charge in [-0.25, -0.2) is 0 Å². The van der Waals surface area contributed by atoms with E-state index in [1.54, 1.807) is 6.07 Å². The molecule has 4 rings (SSSR count). The van der Waals surface area contributed by atoms with Gasteiger partial charge in [0, 0.05) is 24.2 Å². The summed E-state index contributed by atoms with van der Waals surface area (Å²) in [6.07, 6.45) is -0.0869. The molecule has 144 valence electrons. The van der Waals surface area contributed by atoms with E-state index in [0.717, 1.165) is 34.6 Å². The highest BCUT2D eigenvalue weighted by atomic mass is 32.1. The van der Waals surface area contributed by atoms with Crippen molar-refractivity contribution in [2.45, 2.75) is 44.8 Å². The first-order valence-corrected chi connectivity index (χ1v) is 9.47. The number of rotatable bonds is 3. The summed E-state index contributed by atoms with van der Waals surface area (Å²) in [7, 11) is 1.43. The number of thiophene rings is 1. The smallest absolute Gasteiger partial charge is 0.304 e. The molecule has 0 saturated heterocycles. The highest BCUT2D eigenvalue weighted by Crippen LogP contribution is 2.37. The lowest BCUT2D eigenvalue weighted by molar-refractivity contribution is -0.140. The van der Waals surface area contributed by atoms with Crippen molar-refractivity contribution >= 4 is 33.3 Å². The van der Waals surface area contributed by atoms with E-state index in [-0.39, 0.29) is 10.3 Å². The normalized spacial score (nSPS) is 15.7. The van der Waals surface area contributed by atoms with Crippen LogP contribution in [-0.4, -0.2) is 25.5 Å². The Labute approximate surface area is 157 Å². The van der Waals surface area contributed by atoms with E-state index >= 15 is 0 Å². The maximum Gasteiger partial charge on any atom is 0.435 e. The Bertz CT molecular complexity index is 1010. The summed E-state index contributed by atoms with van der Waals surface area (Å²) in [5, 5.41) is 10.6. The summed E-state index contributed by atoms with van der Waals surface area (Å²) >= 11 is 0.978. The van der Waals surface area contributed by atoms with E-state index in [9.17, 15) is 18.0 Å². The Kier molecular flexibility index (Phi) is 4.25. The van der Waals surface area contributed by atoms with Gasteiger partial charge in [-0.05, 0) is 25.8 Å². The maximum absolute atomic E-state index is 13.1. The SMILES string of the molecule is Cc1cc(NC(=O)c2cc3c(C(F)(F)F)nn(C)c3s2)nn1C1CCCC1. The summed E-state index contributed by atoms with van der Waals surface area (Å²) in [5.74, 6) is -0.0589. The van der Waals surface area contributed by atoms with Gasteiger partial charge in [0.25, 0.3) is 5.91 Å². The van der Waals surface area contributed by atoms with Gasteiger partial charge in [0.1, 0.15) is 4.83 Å². The fraction of sp³-hybridized carbons (Fsp3) is 0.471. The molecule has 1 aliphatic carbocycles. The minimum atomic E-state index is -4.56. The number of halogens is 3. The van der Waals surface area contributed by atoms with Gasteiger partial charge in [-0.1, -0.05) is 12.8 Å². The lowest BCUT2D eigenvalue weighted by Gasteiger charge is -2.11. The van der Waals surface area contributed by atoms with Crippen LogP contribution in [0.2, 0.25) is 0 Å². The third kappa shape index (κ3) is 3.22. The van der Waals surface area contributed by atoms with Crippen LogP contribution in [0.15, 0.2) is 12.1 Å². The number of aromatic nitrogens is 4. The van der Waals surface area contributed by atoms with Crippen molar-refractivity contribution in [1.82, 2.24) is 19.6 Å². The molecule has 1 saturated carbocycles. The first-order valence-electron chi connectivity index (χ1n) is 8.65. The zero-order valence-corrected chi connectivity index (χ0v) is 15.6. The largest absolute Gasteiger partial charge is 0.435 e. The number of amides is 1. The average Bonchev–Trinajstić information content (AvgIpc) is 3.32. The van der Waals surface area contributed by atoms with Crippen LogP contribution in [-0.2, 0) is 13.2 Å². The number of aryl methyl sites for hydroxylation is 2. The quantitative estimate of drug-likeness (QED) is 0.706. The number of carbonyl (C=O) groups is 1. The van der Waals surface area contributed by atoms with Crippen LogP contribution in [0.4, 0.5) is 19.0 Å². The number of carbonyl (C=O) groups excluding carboxylic acids is 1. The highest BCUT2D eigenvalue weighted by molar-refractivity contribution is 7.20. The molecule has 0 unspecified atom stereocenters. The molecule has 3 heterocycles. The Morgan fingerprint density at radius 1 is 1.26 bits per heavy atom. The molecule has 6 nitrogen and oxygen atoms in total. The number of hydrogen-bond acceptors (Lipinski definition) is 4. The average molecular weight is 397 g/mol. The molecule has 1 aliphatic rings. The van der Waals surface area contributed by atoms with Gasteiger partial charge in [-0.3, -0.25) is 14.2 Å². The van der Waals surface area contributed by atoms with Crippen LogP contribution in [0.3, 0.4) is 0 Å². The molecule has 3 aromatic rings. The Balaban J connectivity index is 1.59. The third-order valence-electron chi connectivity index (χ3n) is 4.84. The minimum Gasteiger partial charge on any atom is -0.304 e. The van der Waals surface area contributed by atoms with Gasteiger partial charge >= 0.3 is 6.18 Å². The predicted molar refractivity (Wildman–Crippen MR) is 96.0 cm³/mol. The van der Waals surface area contributed by atoms with Crippen LogP contribution >= 0.6 is 11.3 Å². The van der Waals surface area contributed by atoms with Gasteiger partial charge in [0.15, 0.2) is 11.5 Å². The number of fused-ring (bicyclic) bond motifs is 1. The summed E-state index contributed by atoms with van der Waals surface area (Å²) in [4.78, 5) is 13.0. The van der Waals surface area contributed by atoms with Crippen molar-refractivity contribution in [3.05, 3.63) is 28.4 Å². The van der Waals surface area contributed by atoms with E-state index in [2.05, 4.69) is 15.5 Å². The second kappa shape index (κ2) is 6.36. The summed E-state index contributed by atoms with van der Waals surface area (Å²) in [5.41, 5.74) is -0.0197. The van der Waals surface area contributed by atoms with Crippen molar-refractivity contribution in [2.24, 2.45) is 7.05 Å². The fourth-order valence-corrected chi connectivity index (χ4v) is 4.57. The Morgan fingerprint density at radius 3 is 2.63 bits per heavy atom. The second-order valence-corrected chi connectivity index (χ2v) is 7.84. The Morgan fingerprint density at radius 2 is 1.96 bits per heavy atom. The fourth-order valence-electron chi connectivity index (χ4n) is 3.61. The van der Waals surface area contributed by atoms with Gasteiger partial charge in [-0.15, -0.1) is 11.3 Å². The van der Waals surface area contributed by atoms with Gasteiger partial charge in [0.2, 0.25) is 0 Å². The molecule has 0 atom stereocenters. The zero-order chi connectivity index (χ0) is 19.3. The molecule has 0 aromatic carbocycles. The van der Waals surface area contributed by atoms with Crippen LogP contribution < -0.4 is 5.32 Å². The van der Waals surface area contributed by atoms with Crippen molar-refractivity contribution in [3.8, 4) is 0 Å². The van der Waals surface area contributed by atoms with Crippen LogP contribution in [0.25, 0.3) is 10.2 Å². The molecule has 10 heteroatoms. The third-order valence-corrected chi connectivity index (χ3v) is 6.04. The lowest BCUT2D eigenvalue weighted by atomic mass is 10.2. The van der Waals surface area contributed by atoms with Crippen molar-refractivity contribution in [2.75, 3.05) is 5.32 Å². The van der Waals surface area contributed by atoms with Crippen molar-refractivity contribution in [3.63, 3.8) is 0 Å². The van der Waals surface area contributed by atoms with Gasteiger partial charge in [0.05, 0.1) is 10.9 Å². The molecule has 1 N–H and O–H groups in total. The minimum absolute atomic E-state index is 0.0622. The molecule has 0 radical (unpaired) electrons. The molecule has 27 heavy (non-hydrogen) atoms. The number of hydrogen-bond donors (Lipinski definition) is 1. The molecule has 0 aliphatic heterocycles. The van der Waals surface area contributed by atoms with Crippen LogP contribution in [0.5, 0.6) is 0 Å². The molecular weight excluding hydrogens is 379 g/mol. The van der Waals surface area contributed by atoms with Gasteiger partial charge in [-0.2, -0.15) is 23.4 Å². The van der Waals surface area contributed by atoms with Crippen molar-refractivity contribution < 1.29 is 18.0 Å². The standard InChI is InChI=1S/C17H18F3N5OS/c1-9-7-13(22-25(9)10-5-3-4-6-10)21-15(26)12-8-11-14(17(18,19)20)23-24(2)16(11)27-12/h7-8,10H,3-6H2,1-2H3,(H,21,22,26). The summed E-state index contributed by atoms with van der Waals surface area (Å²) < 4.78 is 42.4. The molecule has 1 amide bonds. The number of nitrogens with zero attached hydrogens (tertiary/aromatic N) is 4. The molecule has 3 aromatic heterocycles. The van der Waals surface area contributed by atoms with E-state index in [1.165, 1.54) is 26.0 Å². The topological polar surface area (TPSA) is 64.7 Å². The summed E-state index contributed by atoms with van der Waals surface area (Å²) in [6.45, 7) is 1.93. The number of alkyl halides is 3. The highest BCUT2D eigenvalue weighted by Gasteiger charge is 2.37. The first kappa shape index (κ1) is 18.0. The first-order chi connectivity index (χ1) is 12.7. The van der Waals surface area contributed by atoms with Crippen molar-refractivity contribution in [1.29, 1.82) is 0 Å². The second-order valence-electron chi connectivity index (χ2n) is 6.81. The molecule has 0 spiro atoms. The molecule has 0 bridgehead atoms. The molecule has 1 fully saturated rings. The zero-order valence-electron chi connectivity index (χ0n) is 14.8. The van der Waals surface area contributed by atoms with E-state index in [0.29, 0.717) is 16.7 Å². The van der Waals surface area contributed by atoms with E-state index in [1.807, 2.05) is 11.6 Å². The predicted octanol–water partition coefficient (Wildman–Crippen LogP) is 4.53. The number of anilines is 1. The molecular formula is C17H18F3N5OS. The lowest BCUT2D eigenvalue weighted by Crippen LogP contribution is -2.13. The Hall–Kier alpha value is -2.36. The van der Waals surface area contributed by atoms with Crippen LogP contribution in [0, 0.1) is 6.92 Å². The maximum atomic E-state index is 13.1. The van der Waals surface area contributed by atoms with Gasteiger partial charge < -0.3 is 5.32 Å². The number of nitrogens with one attached hydrogen (secondary N) is 1. The van der Waals surface area contributed by atoms with Crippen LogP contribution in [0.1, 0.15) is 52.8 Å². The van der Waals surface area contributed by atoms with E-state index in [4.69, 9.17) is 0 Å².